The Kier molecular flexibility index (Phi) is 7.54. The molecule has 0 heterocycles. The second kappa shape index (κ2) is 9.58. The van der Waals surface area contributed by atoms with Gasteiger partial charge in [0.1, 0.15) is 27.2 Å². The van der Waals surface area contributed by atoms with Crippen LogP contribution in [0.25, 0.3) is 10.8 Å². The zero-order valence-corrected chi connectivity index (χ0v) is 19.5. The van der Waals surface area contributed by atoms with Crippen molar-refractivity contribution < 1.29 is 62.5 Å². The molecule has 0 fully saturated rings. The summed E-state index contributed by atoms with van der Waals surface area (Å²) >= 11 is 0. The maximum absolute atomic E-state index is 11.5. The molecule has 0 aliphatic carbocycles. The van der Waals surface area contributed by atoms with E-state index in [1.165, 1.54) is 19.1 Å². The number of hydrogen-bond donors (Lipinski definition) is 3. The van der Waals surface area contributed by atoms with Crippen LogP contribution in [0.15, 0.2) is 57.6 Å². The first kappa shape index (κ1) is 25.2. The van der Waals surface area contributed by atoms with Crippen LogP contribution in [-0.2, 0) is 14.9 Å². The van der Waals surface area contributed by atoms with Crippen molar-refractivity contribution >= 4 is 49.5 Å². The minimum Gasteiger partial charge on any atom is -0.744 e. The minimum absolute atomic E-state index is 0. The van der Waals surface area contributed by atoms with E-state index >= 15 is 0 Å². The molecule has 160 valence electrons. The van der Waals surface area contributed by atoms with Gasteiger partial charge in [0.15, 0.2) is 0 Å². The summed E-state index contributed by atoms with van der Waals surface area (Å²) in [6, 6.07) is 8.69. The van der Waals surface area contributed by atoms with Crippen LogP contribution in [0.3, 0.4) is 0 Å². The molecule has 0 aliphatic heterocycles. The molecule has 3 aromatic rings. The zero-order chi connectivity index (χ0) is 22.9. The van der Waals surface area contributed by atoms with Gasteiger partial charge in [-0.2, -0.15) is 0 Å². The van der Waals surface area contributed by atoms with Crippen molar-refractivity contribution in [1.82, 2.24) is 0 Å². The average Bonchev–Trinajstić information content (AvgIpc) is 2.67. The fourth-order valence-electron chi connectivity index (χ4n) is 2.79. The number of benzene rings is 3. The van der Waals surface area contributed by atoms with Gasteiger partial charge in [-0.15, -0.1) is 10.2 Å². The number of fused-ring (bicyclic) bond motifs is 1. The molecule has 3 rings (SSSR count). The van der Waals surface area contributed by atoms with Crippen molar-refractivity contribution in [2.45, 2.75) is 11.8 Å². The Morgan fingerprint density at radius 3 is 2.41 bits per heavy atom. The fraction of sp³-hybridized carbons (Fsp3) is 0.0556. The van der Waals surface area contributed by atoms with Gasteiger partial charge in [0.05, 0.1) is 15.5 Å². The molecular formula is C18H13N4NaO8S. The van der Waals surface area contributed by atoms with Gasteiger partial charge in [-0.05, 0) is 23.6 Å². The standard InChI is InChI=1S/C18H14N4O8S.Na/c1-9(23)19-12-4-2-3-10-5-6-15(24)17(16(10)12)21-20-13-7-11(31(28,29)30)8-14(18(13)25)22(26)27;/h2-8,24-25H,1H3,(H,19,23)(H,28,29,30);/q;+1/p-1. The van der Waals surface area contributed by atoms with E-state index in [0.29, 0.717) is 17.5 Å². The molecule has 0 bridgehead atoms. The maximum atomic E-state index is 11.5. The molecule has 32 heavy (non-hydrogen) atoms. The van der Waals surface area contributed by atoms with Gasteiger partial charge in [0.25, 0.3) is 0 Å². The molecule has 0 unspecified atom stereocenters. The molecule has 0 aromatic heterocycles. The Labute approximate surface area is 202 Å². The third kappa shape index (κ3) is 5.20. The van der Waals surface area contributed by atoms with Crippen molar-refractivity contribution in [3.8, 4) is 11.5 Å². The summed E-state index contributed by atoms with van der Waals surface area (Å²) in [5, 5.41) is 42.2. The molecule has 0 spiro atoms. The number of amides is 1. The van der Waals surface area contributed by atoms with Crippen molar-refractivity contribution in [2.75, 3.05) is 5.32 Å². The van der Waals surface area contributed by atoms with Gasteiger partial charge in [0, 0.05) is 18.4 Å². The van der Waals surface area contributed by atoms with E-state index in [0.717, 1.165) is 0 Å². The van der Waals surface area contributed by atoms with Gasteiger partial charge in [0.2, 0.25) is 11.7 Å². The number of nitrogens with zero attached hydrogens (tertiary/aromatic N) is 3. The summed E-state index contributed by atoms with van der Waals surface area (Å²) in [6.45, 7) is 1.27. The Balaban J connectivity index is 0.00000363. The molecule has 12 nitrogen and oxygen atoms in total. The molecule has 0 aliphatic rings. The van der Waals surface area contributed by atoms with E-state index in [2.05, 4.69) is 15.5 Å². The van der Waals surface area contributed by atoms with Crippen LogP contribution in [-0.4, -0.2) is 34.0 Å². The van der Waals surface area contributed by atoms with Crippen LogP contribution in [0.4, 0.5) is 22.7 Å². The topological polar surface area (TPSA) is 195 Å². The first-order chi connectivity index (χ1) is 14.5. The van der Waals surface area contributed by atoms with E-state index in [1.807, 2.05) is 0 Å². The van der Waals surface area contributed by atoms with Crippen LogP contribution in [0.1, 0.15) is 6.92 Å². The number of nitrogens with one attached hydrogen (secondary N) is 1. The summed E-state index contributed by atoms with van der Waals surface area (Å²) < 4.78 is 33.9. The maximum Gasteiger partial charge on any atom is 1.00 e. The largest absolute Gasteiger partial charge is 1.00 e. The number of azo groups is 1. The van der Waals surface area contributed by atoms with Crippen LogP contribution in [0, 0.1) is 10.1 Å². The van der Waals surface area contributed by atoms with E-state index in [-0.39, 0.29) is 52.1 Å². The first-order valence-electron chi connectivity index (χ1n) is 8.40. The molecule has 0 radical (unpaired) electrons. The summed E-state index contributed by atoms with van der Waals surface area (Å²) in [4.78, 5) is 20.5. The van der Waals surface area contributed by atoms with Crippen molar-refractivity contribution in [3.05, 3.63) is 52.6 Å². The summed E-state index contributed by atoms with van der Waals surface area (Å²) in [5.74, 6) is -1.81. The SMILES string of the molecule is CC(=O)Nc1cccc2ccc(O)c(N=Nc3cc(S(=O)(=O)[O-])cc([N+](=O)[O-])c3O)c12.[Na+]. The monoisotopic (exact) mass is 468 g/mol. The number of carbonyl (C=O) groups is 1. The van der Waals surface area contributed by atoms with E-state index in [4.69, 9.17) is 0 Å². The number of aromatic hydroxyl groups is 2. The molecular weight excluding hydrogens is 455 g/mol. The van der Waals surface area contributed by atoms with Gasteiger partial charge < -0.3 is 20.1 Å². The van der Waals surface area contributed by atoms with Crippen LogP contribution in [0.5, 0.6) is 11.5 Å². The van der Waals surface area contributed by atoms with E-state index in [9.17, 15) is 38.1 Å². The van der Waals surface area contributed by atoms with Crippen molar-refractivity contribution in [2.24, 2.45) is 10.2 Å². The number of rotatable bonds is 5. The van der Waals surface area contributed by atoms with Crippen LogP contribution in [0.2, 0.25) is 0 Å². The average molecular weight is 468 g/mol. The van der Waals surface area contributed by atoms with Crippen LogP contribution >= 0.6 is 0 Å². The molecule has 14 heteroatoms. The molecule has 0 saturated carbocycles. The van der Waals surface area contributed by atoms with Gasteiger partial charge in [-0.1, -0.05) is 18.2 Å². The molecule has 3 N–H and O–H groups in total. The number of carbonyl (C=O) groups excluding carboxylic acids is 1. The first-order valence-corrected chi connectivity index (χ1v) is 9.81. The normalized spacial score (nSPS) is 11.3. The van der Waals surface area contributed by atoms with Gasteiger partial charge in [-0.3, -0.25) is 14.9 Å². The van der Waals surface area contributed by atoms with Crippen LogP contribution < -0.4 is 34.9 Å². The molecule has 3 aromatic carbocycles. The molecule has 1 amide bonds. The summed E-state index contributed by atoms with van der Waals surface area (Å²) in [5.41, 5.74) is -1.63. The number of anilines is 1. The Morgan fingerprint density at radius 2 is 1.81 bits per heavy atom. The Hall–Kier alpha value is -3.10. The zero-order valence-electron chi connectivity index (χ0n) is 16.6. The molecule has 0 saturated heterocycles. The predicted molar refractivity (Wildman–Crippen MR) is 107 cm³/mol. The summed E-state index contributed by atoms with van der Waals surface area (Å²) in [6.07, 6.45) is 0. The fourth-order valence-corrected chi connectivity index (χ4v) is 3.30. The van der Waals surface area contributed by atoms with Crippen molar-refractivity contribution in [3.63, 3.8) is 0 Å². The van der Waals surface area contributed by atoms with Gasteiger partial charge in [-0.25, -0.2) is 8.42 Å². The quantitative estimate of drug-likeness (QED) is 0.158. The smallest absolute Gasteiger partial charge is 0.744 e. The number of phenolic OH excluding ortho intramolecular Hbond substituents is 2. The third-order valence-corrected chi connectivity index (χ3v) is 4.91. The number of hydrogen-bond acceptors (Lipinski definition) is 10. The van der Waals surface area contributed by atoms with Crippen molar-refractivity contribution in [1.29, 1.82) is 0 Å². The second-order valence-corrected chi connectivity index (χ2v) is 7.62. The Morgan fingerprint density at radius 1 is 1.12 bits per heavy atom. The number of phenols is 2. The number of nitro benzene ring substituents is 1. The van der Waals surface area contributed by atoms with E-state index in [1.54, 1.807) is 18.2 Å². The number of nitro groups is 1. The van der Waals surface area contributed by atoms with Gasteiger partial charge >= 0.3 is 35.2 Å². The Bertz CT molecular complexity index is 1380. The predicted octanol–water partition coefficient (Wildman–Crippen LogP) is 0.441. The van der Waals surface area contributed by atoms with E-state index < -0.39 is 43.0 Å². The second-order valence-electron chi connectivity index (χ2n) is 6.24. The summed E-state index contributed by atoms with van der Waals surface area (Å²) in [7, 11) is -5.11. The molecule has 0 atom stereocenters. The minimum atomic E-state index is -5.11. The third-order valence-electron chi connectivity index (χ3n) is 4.09.